The van der Waals surface area contributed by atoms with E-state index in [1.807, 2.05) is 0 Å². The van der Waals surface area contributed by atoms with Crippen LogP contribution < -0.4 is 10.2 Å². The standard InChI is InChI=1S/C37H40N4O8S2/c1-25-34(29-14-6-8-16-31(29)49-25)35(36(43)38-26-12-4-5-13-26)41(33(42)24-40-37(44)30-15-7-9-17-32(30)51(40,47)48)27-18-20-28(21-19-27)50(45,46)39-22-10-2-3-11-23-39/h6-9,14-21,26,35H,2-5,10-13,22-24H2,1H3,(H,38,43)/t35-/m1/s1. The molecule has 1 aromatic heterocycles. The quantitative estimate of drug-likeness (QED) is 0.244. The lowest BCUT2D eigenvalue weighted by Crippen LogP contribution is -2.50. The van der Waals surface area contributed by atoms with Crippen molar-refractivity contribution in [2.75, 3.05) is 24.5 Å². The molecule has 3 heterocycles. The highest BCUT2D eigenvalue weighted by molar-refractivity contribution is 7.90. The number of aryl methyl sites for hydroxylation is 1. The first-order valence-electron chi connectivity index (χ1n) is 17.4. The fraction of sp³-hybridized carbons (Fsp3) is 0.378. The van der Waals surface area contributed by atoms with Crippen LogP contribution in [-0.2, 0) is 29.6 Å². The molecule has 0 bridgehead atoms. The monoisotopic (exact) mass is 732 g/mol. The van der Waals surface area contributed by atoms with Crippen molar-refractivity contribution in [2.45, 2.75) is 80.2 Å². The number of carbonyl (C=O) groups excluding carboxylic acids is 3. The van der Waals surface area contributed by atoms with Crippen molar-refractivity contribution in [3.63, 3.8) is 0 Å². The summed E-state index contributed by atoms with van der Waals surface area (Å²) in [6, 6.07) is 17.0. The van der Waals surface area contributed by atoms with Crippen LogP contribution in [0.3, 0.4) is 0 Å². The van der Waals surface area contributed by atoms with E-state index in [0.717, 1.165) is 51.4 Å². The highest BCUT2D eigenvalue weighted by Gasteiger charge is 2.45. The fourth-order valence-electron chi connectivity index (χ4n) is 7.49. The van der Waals surface area contributed by atoms with Crippen molar-refractivity contribution in [1.82, 2.24) is 13.9 Å². The summed E-state index contributed by atoms with van der Waals surface area (Å²) in [5.41, 5.74) is 0.983. The molecule has 1 aliphatic carbocycles. The van der Waals surface area contributed by atoms with E-state index in [4.69, 9.17) is 4.42 Å². The van der Waals surface area contributed by atoms with E-state index in [-0.39, 0.29) is 27.1 Å². The van der Waals surface area contributed by atoms with Crippen LogP contribution in [-0.4, -0.2) is 68.8 Å². The van der Waals surface area contributed by atoms with E-state index < -0.39 is 50.4 Å². The van der Waals surface area contributed by atoms with Crippen LogP contribution in [0.1, 0.15) is 79.1 Å². The predicted molar refractivity (Wildman–Crippen MR) is 190 cm³/mol. The normalized spacial score (nSPS) is 18.8. The Morgan fingerprint density at radius 1 is 0.902 bits per heavy atom. The molecule has 4 aromatic rings. The summed E-state index contributed by atoms with van der Waals surface area (Å²) in [4.78, 5) is 43.7. The fourth-order valence-corrected chi connectivity index (χ4v) is 10.5. The average molecular weight is 733 g/mol. The number of amides is 3. The Kier molecular flexibility index (Phi) is 9.50. The number of nitrogens with zero attached hydrogens (tertiary/aromatic N) is 3. The zero-order valence-electron chi connectivity index (χ0n) is 28.3. The Hall–Kier alpha value is -4.53. The number of fused-ring (bicyclic) bond motifs is 2. The molecule has 51 heavy (non-hydrogen) atoms. The van der Waals surface area contributed by atoms with Crippen LogP contribution in [0.2, 0.25) is 0 Å². The van der Waals surface area contributed by atoms with Crippen molar-refractivity contribution < 1.29 is 35.6 Å². The van der Waals surface area contributed by atoms with Crippen LogP contribution in [0.4, 0.5) is 5.69 Å². The van der Waals surface area contributed by atoms with Crippen LogP contribution in [0, 0.1) is 6.92 Å². The summed E-state index contributed by atoms with van der Waals surface area (Å²) in [5.74, 6) is -1.85. The highest BCUT2D eigenvalue weighted by atomic mass is 32.2. The van der Waals surface area contributed by atoms with E-state index in [2.05, 4.69) is 5.32 Å². The smallest absolute Gasteiger partial charge is 0.269 e. The van der Waals surface area contributed by atoms with Gasteiger partial charge in [0.15, 0.2) is 0 Å². The summed E-state index contributed by atoms with van der Waals surface area (Å²) in [6.07, 6.45) is 6.83. The average Bonchev–Trinajstić information content (AvgIpc) is 3.70. The summed E-state index contributed by atoms with van der Waals surface area (Å²) < 4.78 is 62.6. The Labute approximate surface area is 297 Å². The molecule has 0 spiro atoms. The predicted octanol–water partition coefficient (Wildman–Crippen LogP) is 5.28. The minimum absolute atomic E-state index is 0.0326. The number of furan rings is 1. The third kappa shape index (κ3) is 6.44. The van der Waals surface area contributed by atoms with E-state index in [1.54, 1.807) is 37.3 Å². The van der Waals surface area contributed by atoms with Crippen molar-refractivity contribution >= 4 is 54.4 Å². The third-order valence-electron chi connectivity index (χ3n) is 10.1. The molecule has 1 atom stereocenters. The van der Waals surface area contributed by atoms with Gasteiger partial charge in [-0.1, -0.05) is 56.0 Å². The minimum atomic E-state index is -4.38. The van der Waals surface area contributed by atoms with Gasteiger partial charge in [-0.3, -0.25) is 19.3 Å². The van der Waals surface area contributed by atoms with Gasteiger partial charge in [0.1, 0.15) is 28.8 Å². The zero-order chi connectivity index (χ0) is 35.9. The van der Waals surface area contributed by atoms with Gasteiger partial charge >= 0.3 is 0 Å². The molecule has 1 saturated carbocycles. The van der Waals surface area contributed by atoms with Gasteiger partial charge < -0.3 is 9.73 Å². The first-order valence-corrected chi connectivity index (χ1v) is 20.2. The van der Waals surface area contributed by atoms with Gasteiger partial charge in [-0.25, -0.2) is 21.1 Å². The maximum Gasteiger partial charge on any atom is 0.269 e. The molecule has 12 nitrogen and oxygen atoms in total. The first kappa shape index (κ1) is 34.9. The molecule has 268 valence electrons. The summed E-state index contributed by atoms with van der Waals surface area (Å²) in [6.45, 7) is 1.61. The maximum atomic E-state index is 14.7. The maximum absolute atomic E-state index is 14.7. The number of anilines is 1. The Balaban J connectivity index is 1.34. The molecular formula is C37H40N4O8S2. The SMILES string of the molecule is Cc1oc2ccccc2c1[C@H](C(=O)NC1CCCC1)N(C(=O)CN1C(=O)c2ccccc2S1(=O)=O)c1ccc(S(=O)(=O)N2CCCCCC2)cc1. The van der Waals surface area contributed by atoms with E-state index in [9.17, 15) is 31.2 Å². The number of nitrogens with one attached hydrogen (secondary N) is 1. The topological polar surface area (TPSA) is 154 Å². The largest absolute Gasteiger partial charge is 0.461 e. The van der Waals surface area contributed by atoms with Crippen LogP contribution >= 0.6 is 0 Å². The lowest BCUT2D eigenvalue weighted by atomic mass is 9.99. The molecule has 3 aliphatic rings. The second kappa shape index (κ2) is 13.9. The van der Waals surface area contributed by atoms with Gasteiger partial charge in [0.05, 0.1) is 10.5 Å². The second-order valence-corrected chi connectivity index (χ2v) is 17.1. The molecular weight excluding hydrogens is 693 g/mol. The molecule has 3 aromatic carbocycles. The summed E-state index contributed by atoms with van der Waals surface area (Å²) in [5, 5.41) is 3.69. The van der Waals surface area contributed by atoms with Crippen LogP contribution in [0.5, 0.6) is 0 Å². The first-order chi connectivity index (χ1) is 24.5. The number of hydrogen-bond donors (Lipinski definition) is 1. The minimum Gasteiger partial charge on any atom is -0.461 e. The molecule has 1 N–H and O–H groups in total. The summed E-state index contributed by atoms with van der Waals surface area (Å²) in [7, 11) is -8.22. The van der Waals surface area contributed by atoms with Crippen LogP contribution in [0.15, 0.2) is 87.0 Å². The number of benzene rings is 3. The molecule has 0 unspecified atom stereocenters. The second-order valence-electron chi connectivity index (χ2n) is 13.3. The molecule has 2 aliphatic heterocycles. The lowest BCUT2D eigenvalue weighted by Gasteiger charge is -2.33. The molecule has 1 saturated heterocycles. The number of para-hydroxylation sites is 1. The van der Waals surface area contributed by atoms with Crippen molar-refractivity contribution in [1.29, 1.82) is 0 Å². The molecule has 14 heteroatoms. The van der Waals surface area contributed by atoms with Gasteiger partial charge in [0, 0.05) is 35.8 Å². The zero-order valence-corrected chi connectivity index (χ0v) is 29.9. The van der Waals surface area contributed by atoms with Crippen molar-refractivity contribution in [2.24, 2.45) is 0 Å². The Bertz CT molecular complexity index is 2200. The van der Waals surface area contributed by atoms with Gasteiger partial charge in [0.25, 0.3) is 15.9 Å². The van der Waals surface area contributed by atoms with Crippen LogP contribution in [0.25, 0.3) is 11.0 Å². The van der Waals surface area contributed by atoms with E-state index in [1.165, 1.54) is 51.7 Å². The highest BCUT2D eigenvalue weighted by Crippen LogP contribution is 2.38. The van der Waals surface area contributed by atoms with Gasteiger partial charge in [-0.2, -0.15) is 4.31 Å². The molecule has 7 rings (SSSR count). The summed E-state index contributed by atoms with van der Waals surface area (Å²) >= 11 is 0. The Morgan fingerprint density at radius 2 is 1.55 bits per heavy atom. The molecule has 2 fully saturated rings. The van der Waals surface area contributed by atoms with Gasteiger partial charge in [0.2, 0.25) is 21.8 Å². The van der Waals surface area contributed by atoms with Crippen molar-refractivity contribution in [3.8, 4) is 0 Å². The molecule has 3 amide bonds. The van der Waals surface area contributed by atoms with Crippen molar-refractivity contribution in [3.05, 3.63) is 89.7 Å². The number of hydrogen-bond acceptors (Lipinski definition) is 8. The number of carbonyl (C=O) groups is 3. The molecule has 0 radical (unpaired) electrons. The van der Waals surface area contributed by atoms with Gasteiger partial charge in [-0.15, -0.1) is 0 Å². The third-order valence-corrected chi connectivity index (χ3v) is 13.8. The Morgan fingerprint density at radius 3 is 2.24 bits per heavy atom. The number of sulfonamides is 2. The number of rotatable bonds is 9. The van der Waals surface area contributed by atoms with E-state index in [0.29, 0.717) is 39.7 Å². The van der Waals surface area contributed by atoms with E-state index >= 15 is 0 Å². The lowest BCUT2D eigenvalue weighted by molar-refractivity contribution is -0.127. The van der Waals surface area contributed by atoms with Gasteiger partial charge in [-0.05, 0) is 75.1 Å².